The number of unbranched alkanes of at least 4 members (excludes halogenated alkanes) is 7. The molecule has 4 aromatic rings. The third-order valence-electron chi connectivity index (χ3n) is 10.2. The number of nitrogens with one attached hydrogen (secondary N) is 6. The predicted molar refractivity (Wildman–Crippen MR) is 267 cm³/mol. The molecule has 0 aliphatic carbocycles. The summed E-state index contributed by atoms with van der Waals surface area (Å²) in [6.07, 6.45) is 14.0. The van der Waals surface area contributed by atoms with E-state index in [4.69, 9.17) is 9.47 Å². The number of ether oxygens (including phenoxy) is 2. The standard InChI is InChI=1S/C46H68N6O10S4/c1-35(61-43-27-23-41(24-28-43)51-65(5,57)58)33-45(37-15-19-39(20-16-37)49-63(3,53)54)47-31-13-11-9-7-8-10-12-14-32-48-46(38-17-21-40(22-18-38)50-64(4,55)56)34-36(2)62-44-29-25-42(26-30-44)52-66(6,59)60/h15-30,35-36,45-52H,7-14,31-34H2,1-6H3. The smallest absolute Gasteiger partial charge is 0.229 e. The monoisotopic (exact) mass is 992 g/mol. The number of sulfonamides is 4. The van der Waals surface area contributed by atoms with Crippen LogP contribution in [0, 0.1) is 0 Å². The van der Waals surface area contributed by atoms with Crippen molar-refractivity contribution in [1.29, 1.82) is 0 Å². The second kappa shape index (κ2) is 25.5. The Labute approximate surface area is 393 Å². The maximum atomic E-state index is 11.8. The van der Waals surface area contributed by atoms with Crippen molar-refractivity contribution in [2.45, 2.75) is 102 Å². The number of rotatable bonds is 31. The van der Waals surface area contributed by atoms with Gasteiger partial charge in [0.1, 0.15) is 11.5 Å². The summed E-state index contributed by atoms with van der Waals surface area (Å²) >= 11 is 0. The van der Waals surface area contributed by atoms with Crippen LogP contribution in [0.2, 0.25) is 0 Å². The summed E-state index contributed by atoms with van der Waals surface area (Å²) in [5, 5.41) is 7.37. The van der Waals surface area contributed by atoms with Crippen LogP contribution in [-0.4, -0.2) is 84.0 Å². The van der Waals surface area contributed by atoms with Gasteiger partial charge in [-0.1, -0.05) is 62.8 Å². The van der Waals surface area contributed by atoms with Crippen LogP contribution in [0.3, 0.4) is 0 Å². The molecule has 0 amide bonds. The molecule has 0 saturated carbocycles. The highest BCUT2D eigenvalue weighted by molar-refractivity contribution is 7.92. The van der Waals surface area contributed by atoms with Gasteiger partial charge in [-0.3, -0.25) is 18.9 Å². The topological polar surface area (TPSA) is 227 Å². The highest BCUT2D eigenvalue weighted by Crippen LogP contribution is 2.27. The second-order valence-corrected chi connectivity index (χ2v) is 24.0. The van der Waals surface area contributed by atoms with E-state index < -0.39 is 40.1 Å². The molecule has 6 N–H and O–H groups in total. The first-order chi connectivity index (χ1) is 31.0. The number of benzene rings is 4. The zero-order chi connectivity index (χ0) is 48.4. The summed E-state index contributed by atoms with van der Waals surface area (Å²) in [7, 11) is -13.6. The maximum absolute atomic E-state index is 11.8. The fourth-order valence-corrected chi connectivity index (χ4v) is 9.65. The lowest BCUT2D eigenvalue weighted by molar-refractivity contribution is 0.192. The van der Waals surface area contributed by atoms with Crippen molar-refractivity contribution in [3.63, 3.8) is 0 Å². The number of hydrogen-bond donors (Lipinski definition) is 6. The minimum atomic E-state index is -3.40. The second-order valence-electron chi connectivity index (χ2n) is 17.0. The zero-order valence-electron chi connectivity index (χ0n) is 38.7. The largest absolute Gasteiger partial charge is 0.491 e. The van der Waals surface area contributed by atoms with Crippen molar-refractivity contribution in [3.8, 4) is 11.5 Å². The average molecular weight is 993 g/mol. The van der Waals surface area contributed by atoms with Gasteiger partial charge in [-0.2, -0.15) is 0 Å². The fraction of sp³-hybridized carbons (Fsp3) is 0.478. The molecular weight excluding hydrogens is 925 g/mol. The fourth-order valence-electron chi connectivity index (χ4n) is 7.39. The van der Waals surface area contributed by atoms with E-state index in [9.17, 15) is 33.7 Å². The van der Waals surface area contributed by atoms with Gasteiger partial charge in [0, 0.05) is 47.7 Å². The van der Waals surface area contributed by atoms with Gasteiger partial charge in [-0.15, -0.1) is 0 Å². The molecule has 20 heteroatoms. The molecule has 0 aromatic heterocycles. The molecule has 66 heavy (non-hydrogen) atoms. The molecule has 0 saturated heterocycles. The molecule has 366 valence electrons. The van der Waals surface area contributed by atoms with Crippen LogP contribution in [0.4, 0.5) is 22.7 Å². The lowest BCUT2D eigenvalue weighted by Gasteiger charge is -2.24. The predicted octanol–water partition coefficient (Wildman–Crippen LogP) is 7.97. The average Bonchev–Trinajstić information content (AvgIpc) is 3.20. The molecule has 16 nitrogen and oxygen atoms in total. The Hall–Kier alpha value is -4.60. The Balaban J connectivity index is 1.20. The van der Waals surface area contributed by atoms with Crippen LogP contribution in [0.1, 0.15) is 101 Å². The highest BCUT2D eigenvalue weighted by atomic mass is 32.2. The molecular formula is C46H68N6O10S4. The number of hydrogen-bond acceptors (Lipinski definition) is 12. The van der Waals surface area contributed by atoms with Crippen LogP contribution < -0.4 is 39.0 Å². The molecule has 0 aliphatic rings. The molecule has 4 unspecified atom stereocenters. The van der Waals surface area contributed by atoms with E-state index >= 15 is 0 Å². The molecule has 0 spiro atoms. The molecule has 0 aliphatic heterocycles. The summed E-state index contributed by atoms with van der Waals surface area (Å²) < 4.78 is 116. The zero-order valence-corrected chi connectivity index (χ0v) is 42.0. The third kappa shape index (κ3) is 22.7. The van der Waals surface area contributed by atoms with Gasteiger partial charge in [-0.25, -0.2) is 33.7 Å². The van der Waals surface area contributed by atoms with E-state index in [0.29, 0.717) is 47.1 Å². The lowest BCUT2D eigenvalue weighted by Crippen LogP contribution is -2.28. The maximum Gasteiger partial charge on any atom is 0.229 e. The van der Waals surface area contributed by atoms with Crippen LogP contribution in [-0.2, 0) is 40.1 Å². The third-order valence-corrected chi connectivity index (χ3v) is 12.7. The number of anilines is 4. The summed E-state index contributed by atoms with van der Waals surface area (Å²) in [6.45, 7) is 5.57. The first-order valence-corrected chi connectivity index (χ1v) is 29.7. The Bertz CT molecular complexity index is 2350. The molecule has 0 heterocycles. The molecule has 4 atom stereocenters. The van der Waals surface area contributed by atoms with Crippen molar-refractivity contribution in [2.24, 2.45) is 0 Å². The first kappa shape index (κ1) is 54.0. The van der Waals surface area contributed by atoms with Crippen molar-refractivity contribution < 1.29 is 43.1 Å². The first-order valence-electron chi connectivity index (χ1n) is 22.1. The Morgan fingerprint density at radius 2 is 0.621 bits per heavy atom. The van der Waals surface area contributed by atoms with Gasteiger partial charge < -0.3 is 20.1 Å². The van der Waals surface area contributed by atoms with Crippen LogP contribution in [0.5, 0.6) is 11.5 Å². The Morgan fingerprint density at radius 3 is 0.879 bits per heavy atom. The van der Waals surface area contributed by atoms with E-state index in [1.807, 2.05) is 38.1 Å². The van der Waals surface area contributed by atoms with Gasteiger partial charge in [0.2, 0.25) is 40.1 Å². The summed E-state index contributed by atoms with van der Waals surface area (Å²) in [5.41, 5.74) is 3.91. The summed E-state index contributed by atoms with van der Waals surface area (Å²) in [4.78, 5) is 0. The van der Waals surface area contributed by atoms with Crippen LogP contribution >= 0.6 is 0 Å². The summed E-state index contributed by atoms with van der Waals surface area (Å²) in [6, 6.07) is 28.1. The van der Waals surface area contributed by atoms with E-state index in [0.717, 1.165) is 101 Å². The van der Waals surface area contributed by atoms with E-state index in [-0.39, 0.29) is 24.3 Å². The van der Waals surface area contributed by atoms with Crippen molar-refractivity contribution >= 4 is 62.8 Å². The molecule has 4 aromatic carbocycles. The Kier molecular flexibility index (Phi) is 20.9. The molecule has 4 rings (SSSR count). The Morgan fingerprint density at radius 1 is 0.379 bits per heavy atom. The molecule has 0 fully saturated rings. The van der Waals surface area contributed by atoms with Gasteiger partial charge in [-0.05, 0) is 124 Å². The van der Waals surface area contributed by atoms with Crippen LogP contribution in [0.15, 0.2) is 97.1 Å². The van der Waals surface area contributed by atoms with Crippen molar-refractivity contribution in [3.05, 3.63) is 108 Å². The minimum absolute atomic E-state index is 0.0518. The van der Waals surface area contributed by atoms with Crippen molar-refractivity contribution in [2.75, 3.05) is 57.0 Å². The highest BCUT2D eigenvalue weighted by Gasteiger charge is 2.19. The van der Waals surface area contributed by atoms with Gasteiger partial charge in [0.25, 0.3) is 0 Å². The van der Waals surface area contributed by atoms with Crippen LogP contribution in [0.25, 0.3) is 0 Å². The molecule has 0 bridgehead atoms. The lowest BCUT2D eigenvalue weighted by atomic mass is 10.00. The molecule has 0 radical (unpaired) electrons. The minimum Gasteiger partial charge on any atom is -0.491 e. The van der Waals surface area contributed by atoms with Crippen molar-refractivity contribution in [1.82, 2.24) is 10.6 Å². The van der Waals surface area contributed by atoms with Gasteiger partial charge >= 0.3 is 0 Å². The SMILES string of the molecule is CC(CC(NCCCCCCCCCCNC(CC(C)Oc1ccc(NS(C)(=O)=O)cc1)c1ccc(NS(C)(=O)=O)cc1)c1ccc(NS(C)(=O)=O)cc1)Oc1ccc(NS(C)(=O)=O)cc1. The van der Waals surface area contributed by atoms with E-state index in [1.165, 1.54) is 0 Å². The normalized spacial score (nSPS) is 14.1. The van der Waals surface area contributed by atoms with E-state index in [1.54, 1.807) is 72.8 Å². The van der Waals surface area contributed by atoms with E-state index in [2.05, 4.69) is 29.5 Å². The van der Waals surface area contributed by atoms with Gasteiger partial charge in [0.15, 0.2) is 0 Å². The quantitative estimate of drug-likeness (QED) is 0.0264. The summed E-state index contributed by atoms with van der Waals surface area (Å²) in [5.74, 6) is 1.23. The van der Waals surface area contributed by atoms with Gasteiger partial charge in [0.05, 0.1) is 37.2 Å².